The number of hydrogen-bond donors (Lipinski definition) is 0. The van der Waals surface area contributed by atoms with Crippen molar-refractivity contribution < 1.29 is 4.74 Å². The number of ether oxygens (including phenoxy) is 1. The average molecular weight is 445 g/mol. The molecule has 4 nitrogen and oxygen atoms in total. The van der Waals surface area contributed by atoms with Crippen molar-refractivity contribution in [3.63, 3.8) is 0 Å². The van der Waals surface area contributed by atoms with E-state index in [1.165, 1.54) is 16.7 Å². The van der Waals surface area contributed by atoms with Gasteiger partial charge in [-0.3, -0.25) is 9.36 Å². The highest BCUT2D eigenvalue weighted by Gasteiger charge is 2.15. The van der Waals surface area contributed by atoms with Crippen molar-refractivity contribution in [2.24, 2.45) is 0 Å². The lowest BCUT2D eigenvalue weighted by atomic mass is 9.97. The maximum Gasteiger partial charge on any atom is 0.262 e. The number of nitrogens with zero attached hydrogens (tertiary/aromatic N) is 2. The van der Waals surface area contributed by atoms with Crippen molar-refractivity contribution in [2.75, 3.05) is 7.11 Å². The standard InChI is InChI=1S/C27H28N2O2S/c1-18(2)23-15-21(19(3)14-25(23)31-4)17-32-27-28-24-13-9-8-12-22(24)26(30)29(27)16-20-10-6-5-7-11-20/h5-15,18H,16-17H2,1-4H3. The molecule has 0 amide bonds. The molecule has 4 rings (SSSR count). The van der Waals surface area contributed by atoms with Crippen LogP contribution in [0.1, 0.15) is 42.0 Å². The molecule has 0 N–H and O–H groups in total. The van der Waals surface area contributed by atoms with Gasteiger partial charge >= 0.3 is 0 Å². The Morgan fingerprint density at radius 2 is 1.75 bits per heavy atom. The Balaban J connectivity index is 1.73. The number of thioether (sulfide) groups is 1. The van der Waals surface area contributed by atoms with Crippen LogP contribution in [0.2, 0.25) is 0 Å². The fraction of sp³-hybridized carbons (Fsp3) is 0.259. The van der Waals surface area contributed by atoms with Crippen LogP contribution in [0, 0.1) is 6.92 Å². The van der Waals surface area contributed by atoms with E-state index in [4.69, 9.17) is 9.72 Å². The fourth-order valence-electron chi connectivity index (χ4n) is 3.83. The highest BCUT2D eigenvalue weighted by Crippen LogP contribution is 2.32. The molecule has 0 saturated heterocycles. The van der Waals surface area contributed by atoms with Crippen LogP contribution in [0.3, 0.4) is 0 Å². The van der Waals surface area contributed by atoms with E-state index in [1.54, 1.807) is 23.4 Å². The summed E-state index contributed by atoms with van der Waals surface area (Å²) >= 11 is 1.61. The van der Waals surface area contributed by atoms with Crippen LogP contribution >= 0.6 is 11.8 Å². The molecule has 1 heterocycles. The largest absolute Gasteiger partial charge is 0.496 e. The van der Waals surface area contributed by atoms with E-state index >= 15 is 0 Å². The SMILES string of the molecule is COc1cc(C)c(CSc2nc3ccccc3c(=O)n2Cc2ccccc2)cc1C(C)C. The van der Waals surface area contributed by atoms with Crippen LogP contribution in [-0.2, 0) is 12.3 Å². The Hall–Kier alpha value is -3.05. The number of rotatable bonds is 7. The smallest absolute Gasteiger partial charge is 0.262 e. The second-order valence-corrected chi connectivity index (χ2v) is 9.19. The van der Waals surface area contributed by atoms with Crippen molar-refractivity contribution in [1.29, 1.82) is 0 Å². The van der Waals surface area contributed by atoms with Crippen LogP contribution in [0.4, 0.5) is 0 Å². The average Bonchev–Trinajstić information content (AvgIpc) is 2.80. The number of methoxy groups -OCH3 is 1. The van der Waals surface area contributed by atoms with E-state index in [1.807, 2.05) is 54.6 Å². The van der Waals surface area contributed by atoms with Crippen molar-refractivity contribution in [1.82, 2.24) is 9.55 Å². The molecule has 5 heteroatoms. The van der Waals surface area contributed by atoms with Gasteiger partial charge < -0.3 is 4.74 Å². The Bertz CT molecular complexity index is 1300. The van der Waals surface area contributed by atoms with Gasteiger partial charge in [-0.25, -0.2) is 4.98 Å². The summed E-state index contributed by atoms with van der Waals surface area (Å²) in [4.78, 5) is 18.2. The summed E-state index contributed by atoms with van der Waals surface area (Å²) < 4.78 is 7.39. The number of aryl methyl sites for hydroxylation is 1. The van der Waals surface area contributed by atoms with Crippen molar-refractivity contribution in [3.8, 4) is 5.75 Å². The minimum atomic E-state index is -0.00345. The molecule has 32 heavy (non-hydrogen) atoms. The third-order valence-electron chi connectivity index (χ3n) is 5.68. The van der Waals surface area contributed by atoms with E-state index in [-0.39, 0.29) is 5.56 Å². The molecule has 164 valence electrons. The quantitative estimate of drug-likeness (QED) is 0.252. The molecular formula is C27H28N2O2S. The summed E-state index contributed by atoms with van der Waals surface area (Å²) in [5, 5.41) is 1.38. The Morgan fingerprint density at radius 3 is 2.47 bits per heavy atom. The summed E-state index contributed by atoms with van der Waals surface area (Å²) in [7, 11) is 1.72. The van der Waals surface area contributed by atoms with Crippen LogP contribution in [0.5, 0.6) is 5.75 Å². The minimum Gasteiger partial charge on any atom is -0.496 e. The van der Waals surface area contributed by atoms with Crippen molar-refractivity contribution in [3.05, 3.63) is 99.3 Å². The molecule has 4 aromatic rings. The van der Waals surface area contributed by atoms with Gasteiger partial charge in [-0.2, -0.15) is 0 Å². The van der Waals surface area contributed by atoms with Crippen molar-refractivity contribution in [2.45, 2.75) is 44.1 Å². The zero-order valence-corrected chi connectivity index (χ0v) is 19.8. The molecule has 0 aliphatic carbocycles. The molecule has 0 aliphatic heterocycles. The first-order valence-corrected chi connectivity index (χ1v) is 11.8. The number of para-hydroxylation sites is 1. The molecule has 0 bridgehead atoms. The lowest BCUT2D eigenvalue weighted by molar-refractivity contribution is 0.407. The first-order valence-electron chi connectivity index (χ1n) is 10.8. The number of benzene rings is 3. The molecule has 0 saturated carbocycles. The molecule has 0 spiro atoms. The van der Waals surface area contributed by atoms with Gasteiger partial charge in [0.05, 0.1) is 24.6 Å². The Morgan fingerprint density at radius 1 is 1.03 bits per heavy atom. The monoisotopic (exact) mass is 444 g/mol. The number of fused-ring (bicyclic) bond motifs is 1. The molecular weight excluding hydrogens is 416 g/mol. The van der Waals surface area contributed by atoms with Crippen LogP contribution in [-0.4, -0.2) is 16.7 Å². The van der Waals surface area contributed by atoms with E-state index in [9.17, 15) is 4.79 Å². The van der Waals surface area contributed by atoms with Crippen LogP contribution < -0.4 is 10.3 Å². The first kappa shape index (κ1) is 22.2. The molecule has 3 aromatic carbocycles. The molecule has 0 unspecified atom stereocenters. The summed E-state index contributed by atoms with van der Waals surface area (Å²) in [5.74, 6) is 2.02. The third-order valence-corrected chi connectivity index (χ3v) is 6.70. The van der Waals surface area contributed by atoms with Gasteiger partial charge in [0.2, 0.25) is 0 Å². The lowest BCUT2D eigenvalue weighted by Crippen LogP contribution is -2.24. The number of hydrogen-bond acceptors (Lipinski definition) is 4. The third kappa shape index (κ3) is 4.58. The molecule has 0 radical (unpaired) electrons. The minimum absolute atomic E-state index is 0.00345. The fourth-order valence-corrected chi connectivity index (χ4v) is 4.90. The predicted octanol–water partition coefficient (Wildman–Crippen LogP) is 6.18. The van der Waals surface area contributed by atoms with Gasteiger partial charge in [0.15, 0.2) is 5.16 Å². The normalized spacial score (nSPS) is 11.3. The van der Waals surface area contributed by atoms with Crippen LogP contribution in [0.25, 0.3) is 10.9 Å². The summed E-state index contributed by atoms with van der Waals surface area (Å²) in [6.07, 6.45) is 0. The van der Waals surface area contributed by atoms with Gasteiger partial charge in [-0.1, -0.05) is 74.1 Å². The topological polar surface area (TPSA) is 44.1 Å². The van der Waals surface area contributed by atoms with Gasteiger partial charge in [0.25, 0.3) is 5.56 Å². The Kier molecular flexibility index (Phi) is 6.66. The van der Waals surface area contributed by atoms with Gasteiger partial charge in [-0.05, 0) is 53.3 Å². The van der Waals surface area contributed by atoms with Crippen LogP contribution in [0.15, 0.2) is 76.7 Å². The zero-order valence-electron chi connectivity index (χ0n) is 19.0. The second kappa shape index (κ2) is 9.61. The van der Waals surface area contributed by atoms with E-state index in [0.29, 0.717) is 17.8 Å². The van der Waals surface area contributed by atoms with Crippen molar-refractivity contribution >= 4 is 22.7 Å². The van der Waals surface area contributed by atoms with Gasteiger partial charge in [0, 0.05) is 5.75 Å². The van der Waals surface area contributed by atoms with E-state index in [0.717, 1.165) is 27.7 Å². The van der Waals surface area contributed by atoms with Gasteiger partial charge in [-0.15, -0.1) is 0 Å². The number of aromatic nitrogens is 2. The first-order chi connectivity index (χ1) is 15.5. The molecule has 0 aliphatic rings. The maximum absolute atomic E-state index is 13.4. The predicted molar refractivity (Wildman–Crippen MR) is 133 cm³/mol. The second-order valence-electron chi connectivity index (χ2n) is 8.25. The maximum atomic E-state index is 13.4. The highest BCUT2D eigenvalue weighted by molar-refractivity contribution is 7.98. The Labute approximate surface area is 193 Å². The molecule has 1 aromatic heterocycles. The summed E-state index contributed by atoms with van der Waals surface area (Å²) in [6.45, 7) is 6.95. The van der Waals surface area contributed by atoms with Gasteiger partial charge in [0.1, 0.15) is 5.75 Å². The zero-order chi connectivity index (χ0) is 22.7. The van der Waals surface area contributed by atoms with E-state index < -0.39 is 0 Å². The summed E-state index contributed by atoms with van der Waals surface area (Å²) in [6, 6.07) is 22.0. The lowest BCUT2D eigenvalue weighted by Gasteiger charge is -2.17. The molecule has 0 atom stereocenters. The molecule has 0 fully saturated rings. The highest BCUT2D eigenvalue weighted by atomic mass is 32.2. The van der Waals surface area contributed by atoms with E-state index in [2.05, 4.69) is 32.9 Å². The summed E-state index contributed by atoms with van der Waals surface area (Å²) in [5.41, 5.74) is 5.41.